The van der Waals surface area contributed by atoms with Crippen LogP contribution in [0.25, 0.3) is 0 Å². The Balaban J connectivity index is 2.60. The van der Waals surface area contributed by atoms with Crippen LogP contribution in [0, 0.1) is 0 Å². The quantitative estimate of drug-likeness (QED) is 0.814. The molecular weight excluding hydrogens is 242 g/mol. The van der Waals surface area contributed by atoms with E-state index in [0.717, 1.165) is 10.0 Å². The SMILES string of the molecule is CCC(=O)N(C)Cc1ccc(Br)cc1. The number of hydrogen-bond donors (Lipinski definition) is 0. The van der Waals surface area contributed by atoms with Crippen molar-refractivity contribution < 1.29 is 4.79 Å². The van der Waals surface area contributed by atoms with E-state index in [1.54, 1.807) is 4.90 Å². The zero-order valence-electron chi connectivity index (χ0n) is 8.46. The van der Waals surface area contributed by atoms with E-state index in [1.807, 2.05) is 38.2 Å². The molecule has 1 amide bonds. The summed E-state index contributed by atoms with van der Waals surface area (Å²) in [5, 5.41) is 0. The molecule has 0 fully saturated rings. The molecule has 0 spiro atoms. The Labute approximate surface area is 93.0 Å². The highest BCUT2D eigenvalue weighted by atomic mass is 79.9. The molecule has 1 aromatic rings. The average molecular weight is 256 g/mol. The summed E-state index contributed by atoms with van der Waals surface area (Å²) in [4.78, 5) is 13.0. The maximum atomic E-state index is 11.3. The second-order valence-corrected chi connectivity index (χ2v) is 4.15. The predicted molar refractivity (Wildman–Crippen MR) is 60.9 cm³/mol. The van der Waals surface area contributed by atoms with E-state index >= 15 is 0 Å². The summed E-state index contributed by atoms with van der Waals surface area (Å²) in [5.74, 6) is 0.174. The van der Waals surface area contributed by atoms with E-state index in [4.69, 9.17) is 0 Å². The molecule has 1 rings (SSSR count). The van der Waals surface area contributed by atoms with Crippen LogP contribution in [0.1, 0.15) is 18.9 Å². The molecule has 0 heterocycles. The van der Waals surface area contributed by atoms with E-state index < -0.39 is 0 Å². The van der Waals surface area contributed by atoms with Crippen molar-refractivity contribution in [2.45, 2.75) is 19.9 Å². The predicted octanol–water partition coefficient (Wildman–Crippen LogP) is 2.82. The van der Waals surface area contributed by atoms with Crippen LogP contribution < -0.4 is 0 Å². The molecule has 1 aromatic carbocycles. The minimum absolute atomic E-state index is 0.174. The van der Waals surface area contributed by atoms with Crippen molar-refractivity contribution in [2.24, 2.45) is 0 Å². The first kappa shape index (κ1) is 11.2. The molecule has 0 bridgehead atoms. The summed E-state index contributed by atoms with van der Waals surface area (Å²) in [6.45, 7) is 2.56. The van der Waals surface area contributed by atoms with Gasteiger partial charge in [-0.25, -0.2) is 0 Å². The number of rotatable bonds is 3. The van der Waals surface area contributed by atoms with E-state index in [2.05, 4.69) is 15.9 Å². The molecule has 0 aliphatic carbocycles. The van der Waals surface area contributed by atoms with Crippen molar-refractivity contribution in [1.82, 2.24) is 4.90 Å². The Bertz CT molecular complexity index is 308. The first-order valence-electron chi connectivity index (χ1n) is 4.62. The van der Waals surface area contributed by atoms with Gasteiger partial charge in [0.05, 0.1) is 0 Å². The van der Waals surface area contributed by atoms with Crippen LogP contribution in [0.2, 0.25) is 0 Å². The molecule has 0 radical (unpaired) electrons. The fraction of sp³-hybridized carbons (Fsp3) is 0.364. The number of amides is 1. The lowest BCUT2D eigenvalue weighted by Gasteiger charge is -2.16. The smallest absolute Gasteiger partial charge is 0.222 e. The molecule has 2 nitrogen and oxygen atoms in total. The molecule has 0 aliphatic heterocycles. The minimum Gasteiger partial charge on any atom is -0.341 e. The molecule has 3 heteroatoms. The topological polar surface area (TPSA) is 20.3 Å². The number of carbonyl (C=O) groups excluding carboxylic acids is 1. The highest BCUT2D eigenvalue weighted by molar-refractivity contribution is 9.10. The van der Waals surface area contributed by atoms with Gasteiger partial charge < -0.3 is 4.90 Å². The Morgan fingerprint density at radius 3 is 2.43 bits per heavy atom. The summed E-state index contributed by atoms with van der Waals surface area (Å²) < 4.78 is 1.06. The maximum absolute atomic E-state index is 11.3. The molecule has 0 aromatic heterocycles. The molecular formula is C11H14BrNO. The van der Waals surface area contributed by atoms with Crippen molar-refractivity contribution in [3.63, 3.8) is 0 Å². The molecule has 0 N–H and O–H groups in total. The number of hydrogen-bond acceptors (Lipinski definition) is 1. The second-order valence-electron chi connectivity index (χ2n) is 3.23. The number of halogens is 1. The van der Waals surface area contributed by atoms with E-state index in [9.17, 15) is 4.79 Å². The Morgan fingerprint density at radius 1 is 1.36 bits per heavy atom. The number of nitrogens with zero attached hydrogens (tertiary/aromatic N) is 1. The van der Waals surface area contributed by atoms with Crippen molar-refractivity contribution in [3.8, 4) is 0 Å². The van der Waals surface area contributed by atoms with Crippen molar-refractivity contribution in [3.05, 3.63) is 34.3 Å². The summed E-state index contributed by atoms with van der Waals surface area (Å²) in [6.07, 6.45) is 0.563. The van der Waals surface area contributed by atoms with Gasteiger partial charge in [0.15, 0.2) is 0 Å². The third-order valence-corrected chi connectivity index (χ3v) is 2.59. The van der Waals surface area contributed by atoms with Gasteiger partial charge in [0.25, 0.3) is 0 Å². The van der Waals surface area contributed by atoms with Crippen LogP contribution in [0.15, 0.2) is 28.7 Å². The highest BCUT2D eigenvalue weighted by Crippen LogP contribution is 2.11. The first-order chi connectivity index (χ1) is 6.63. The Hall–Kier alpha value is -0.830. The van der Waals surface area contributed by atoms with Gasteiger partial charge in [-0.15, -0.1) is 0 Å². The van der Waals surface area contributed by atoms with Crippen molar-refractivity contribution >= 4 is 21.8 Å². The van der Waals surface area contributed by atoms with Gasteiger partial charge in [0.1, 0.15) is 0 Å². The number of benzene rings is 1. The molecule has 0 aliphatic rings. The van der Waals surface area contributed by atoms with Gasteiger partial charge in [-0.1, -0.05) is 35.0 Å². The summed E-state index contributed by atoms with van der Waals surface area (Å²) in [7, 11) is 1.83. The maximum Gasteiger partial charge on any atom is 0.222 e. The normalized spacial score (nSPS) is 9.93. The first-order valence-corrected chi connectivity index (χ1v) is 5.41. The van der Waals surface area contributed by atoms with Gasteiger partial charge in [0, 0.05) is 24.5 Å². The van der Waals surface area contributed by atoms with Gasteiger partial charge in [-0.2, -0.15) is 0 Å². The lowest BCUT2D eigenvalue weighted by Crippen LogP contribution is -2.24. The standard InChI is InChI=1S/C11H14BrNO/c1-3-11(14)13(2)8-9-4-6-10(12)7-5-9/h4-7H,3,8H2,1-2H3. The number of carbonyl (C=O) groups is 1. The third kappa shape index (κ3) is 3.14. The van der Waals surface area contributed by atoms with Crippen molar-refractivity contribution in [2.75, 3.05) is 7.05 Å². The fourth-order valence-electron chi connectivity index (χ4n) is 1.22. The van der Waals surface area contributed by atoms with Crippen molar-refractivity contribution in [1.29, 1.82) is 0 Å². The van der Waals surface area contributed by atoms with E-state index in [0.29, 0.717) is 13.0 Å². The highest BCUT2D eigenvalue weighted by Gasteiger charge is 2.05. The van der Waals surface area contributed by atoms with Gasteiger partial charge in [0.2, 0.25) is 5.91 Å². The monoisotopic (exact) mass is 255 g/mol. The second kappa shape index (κ2) is 5.15. The van der Waals surface area contributed by atoms with Gasteiger partial charge >= 0.3 is 0 Å². The molecule has 0 saturated carbocycles. The summed E-state index contributed by atoms with van der Waals surface area (Å²) in [6, 6.07) is 8.01. The van der Waals surface area contributed by atoms with Gasteiger partial charge in [-0.3, -0.25) is 4.79 Å². The zero-order chi connectivity index (χ0) is 10.6. The molecule has 0 saturated heterocycles. The zero-order valence-corrected chi connectivity index (χ0v) is 10.0. The minimum atomic E-state index is 0.174. The van der Waals surface area contributed by atoms with Crippen LogP contribution in [0.5, 0.6) is 0 Å². The van der Waals surface area contributed by atoms with Crippen LogP contribution in [0.3, 0.4) is 0 Å². The van der Waals surface area contributed by atoms with Crippen LogP contribution in [-0.2, 0) is 11.3 Å². The largest absolute Gasteiger partial charge is 0.341 e. The summed E-state index contributed by atoms with van der Waals surface area (Å²) >= 11 is 3.37. The van der Waals surface area contributed by atoms with Crippen LogP contribution in [-0.4, -0.2) is 17.9 Å². The Morgan fingerprint density at radius 2 is 1.93 bits per heavy atom. The lowest BCUT2D eigenvalue weighted by atomic mass is 10.2. The molecule has 0 atom stereocenters. The Kier molecular flexibility index (Phi) is 4.14. The summed E-state index contributed by atoms with van der Waals surface area (Å²) in [5.41, 5.74) is 1.15. The molecule has 0 unspecified atom stereocenters. The lowest BCUT2D eigenvalue weighted by molar-refractivity contribution is -0.130. The van der Waals surface area contributed by atoms with Gasteiger partial charge in [-0.05, 0) is 17.7 Å². The third-order valence-electron chi connectivity index (χ3n) is 2.06. The van der Waals surface area contributed by atoms with Crippen LogP contribution in [0.4, 0.5) is 0 Å². The van der Waals surface area contributed by atoms with E-state index in [-0.39, 0.29) is 5.91 Å². The molecule has 76 valence electrons. The van der Waals surface area contributed by atoms with Crippen LogP contribution >= 0.6 is 15.9 Å². The fourth-order valence-corrected chi connectivity index (χ4v) is 1.49. The average Bonchev–Trinajstić information content (AvgIpc) is 2.20. The molecule has 14 heavy (non-hydrogen) atoms. The van der Waals surface area contributed by atoms with E-state index in [1.165, 1.54) is 0 Å².